The molecule has 2 nitrogen and oxygen atoms in total. The zero-order valence-electron chi connectivity index (χ0n) is 11.4. The highest BCUT2D eigenvalue weighted by Gasteiger charge is 2.11. The van der Waals surface area contributed by atoms with Crippen molar-refractivity contribution in [3.63, 3.8) is 0 Å². The maximum Gasteiger partial charge on any atom is 0.0160 e. The Morgan fingerprint density at radius 2 is 1.88 bits per heavy atom. The summed E-state index contributed by atoms with van der Waals surface area (Å²) in [5.74, 6) is 0.667. The van der Waals surface area contributed by atoms with Gasteiger partial charge in [-0.1, -0.05) is 25.5 Å². The first-order valence-electron chi connectivity index (χ1n) is 6.65. The fraction of sp³-hybridized carbons (Fsp3) is 0.857. The summed E-state index contributed by atoms with van der Waals surface area (Å²) in [6, 6.07) is 0.723. The summed E-state index contributed by atoms with van der Waals surface area (Å²) >= 11 is 0. The molecule has 1 aliphatic rings. The predicted octanol–water partition coefficient (Wildman–Crippen LogP) is 2.61. The molecule has 0 aromatic heterocycles. The largest absolute Gasteiger partial charge is 0.303 e. The van der Waals surface area contributed by atoms with Crippen molar-refractivity contribution in [3.8, 4) is 0 Å². The van der Waals surface area contributed by atoms with Crippen LogP contribution >= 0.6 is 0 Å². The number of nitrogens with zero attached hydrogens (tertiary/aromatic N) is 2. The van der Waals surface area contributed by atoms with Gasteiger partial charge in [0, 0.05) is 19.1 Å². The highest BCUT2D eigenvalue weighted by Crippen LogP contribution is 2.11. The minimum Gasteiger partial charge on any atom is -0.303 e. The number of likely N-dealkylation sites (N-methyl/N-ethyl adjacent to an activating group) is 1. The van der Waals surface area contributed by atoms with Gasteiger partial charge in [0.1, 0.15) is 0 Å². The molecule has 0 aromatic rings. The van der Waals surface area contributed by atoms with Crippen molar-refractivity contribution >= 4 is 0 Å². The van der Waals surface area contributed by atoms with Gasteiger partial charge in [-0.05, 0) is 46.3 Å². The molecule has 1 unspecified atom stereocenters. The third-order valence-corrected chi connectivity index (χ3v) is 3.62. The van der Waals surface area contributed by atoms with Crippen LogP contribution in [-0.2, 0) is 0 Å². The second kappa shape index (κ2) is 7.08. The van der Waals surface area contributed by atoms with Gasteiger partial charge in [-0.3, -0.25) is 0 Å². The summed E-state index contributed by atoms with van der Waals surface area (Å²) in [5.41, 5.74) is 0. The first kappa shape index (κ1) is 13.7. The van der Waals surface area contributed by atoms with Gasteiger partial charge in [-0.15, -0.1) is 0 Å². The standard InChI is InChI=1S/C14H28N2/c1-13-8-7-11-15(3)10-6-5-9-14(2)16(4)12-13/h7-8,13-14H,5-6,9-12H2,1-4H3/b8-7-/t13?,14-/m0/s1. The first-order chi connectivity index (χ1) is 7.59. The second-order valence-electron chi connectivity index (χ2n) is 5.45. The molecule has 1 aliphatic heterocycles. The number of hydrogen-bond acceptors (Lipinski definition) is 2. The summed E-state index contributed by atoms with van der Waals surface area (Å²) in [5, 5.41) is 0. The third kappa shape index (κ3) is 5.13. The maximum absolute atomic E-state index is 2.50. The SMILES string of the molecule is CC1/C=C\CN(C)CCCC[C@H](C)N(C)C1. The Hall–Kier alpha value is -0.340. The van der Waals surface area contributed by atoms with E-state index in [-0.39, 0.29) is 0 Å². The van der Waals surface area contributed by atoms with E-state index in [0.717, 1.165) is 12.6 Å². The fourth-order valence-corrected chi connectivity index (χ4v) is 2.30. The van der Waals surface area contributed by atoms with E-state index in [1.165, 1.54) is 32.4 Å². The second-order valence-corrected chi connectivity index (χ2v) is 5.45. The van der Waals surface area contributed by atoms with Gasteiger partial charge in [0.2, 0.25) is 0 Å². The van der Waals surface area contributed by atoms with E-state index in [0.29, 0.717) is 5.92 Å². The molecule has 94 valence electrons. The molecule has 2 atom stereocenters. The molecule has 0 amide bonds. The summed E-state index contributed by atoms with van der Waals surface area (Å²) in [7, 11) is 4.48. The normalized spacial score (nSPS) is 34.0. The average Bonchev–Trinajstić information content (AvgIpc) is 2.22. The van der Waals surface area contributed by atoms with Gasteiger partial charge >= 0.3 is 0 Å². The van der Waals surface area contributed by atoms with Gasteiger partial charge in [-0.25, -0.2) is 0 Å². The van der Waals surface area contributed by atoms with Crippen LogP contribution in [0.25, 0.3) is 0 Å². The van der Waals surface area contributed by atoms with Crippen molar-refractivity contribution in [2.24, 2.45) is 5.92 Å². The Morgan fingerprint density at radius 1 is 1.12 bits per heavy atom. The van der Waals surface area contributed by atoms with Gasteiger partial charge in [0.05, 0.1) is 0 Å². The highest BCUT2D eigenvalue weighted by atomic mass is 15.1. The summed E-state index contributed by atoms with van der Waals surface area (Å²) in [6.45, 7) is 8.18. The van der Waals surface area contributed by atoms with E-state index in [2.05, 4.69) is 49.9 Å². The average molecular weight is 224 g/mol. The predicted molar refractivity (Wildman–Crippen MR) is 71.7 cm³/mol. The van der Waals surface area contributed by atoms with Crippen molar-refractivity contribution < 1.29 is 0 Å². The van der Waals surface area contributed by atoms with Crippen LogP contribution in [0, 0.1) is 5.92 Å². The van der Waals surface area contributed by atoms with Crippen LogP contribution in [0.1, 0.15) is 33.1 Å². The van der Waals surface area contributed by atoms with Crippen LogP contribution in [0.3, 0.4) is 0 Å². The lowest BCUT2D eigenvalue weighted by Gasteiger charge is -2.27. The molecule has 16 heavy (non-hydrogen) atoms. The molecule has 1 rings (SSSR count). The molecule has 0 bridgehead atoms. The lowest BCUT2D eigenvalue weighted by atomic mass is 10.1. The van der Waals surface area contributed by atoms with Crippen molar-refractivity contribution in [1.82, 2.24) is 9.80 Å². The van der Waals surface area contributed by atoms with Gasteiger partial charge in [-0.2, -0.15) is 0 Å². The molecule has 0 saturated heterocycles. The molecule has 0 saturated carbocycles. The minimum atomic E-state index is 0.667. The molecule has 0 aromatic carbocycles. The highest BCUT2D eigenvalue weighted by molar-refractivity contribution is 4.90. The topological polar surface area (TPSA) is 6.48 Å². The number of rotatable bonds is 0. The Bertz CT molecular complexity index is 213. The van der Waals surface area contributed by atoms with E-state index in [1.54, 1.807) is 0 Å². The maximum atomic E-state index is 2.50. The van der Waals surface area contributed by atoms with Gasteiger partial charge in [0.15, 0.2) is 0 Å². The Kier molecular flexibility index (Phi) is 6.07. The molecule has 0 fully saturated rings. The van der Waals surface area contributed by atoms with Crippen LogP contribution in [0.2, 0.25) is 0 Å². The lowest BCUT2D eigenvalue weighted by Crippen LogP contribution is -2.33. The van der Waals surface area contributed by atoms with Crippen LogP contribution in [0.5, 0.6) is 0 Å². The van der Waals surface area contributed by atoms with E-state index in [4.69, 9.17) is 0 Å². The van der Waals surface area contributed by atoms with Crippen LogP contribution in [0.15, 0.2) is 12.2 Å². The monoisotopic (exact) mass is 224 g/mol. The molecule has 0 aliphatic carbocycles. The van der Waals surface area contributed by atoms with Crippen molar-refractivity contribution in [1.29, 1.82) is 0 Å². The van der Waals surface area contributed by atoms with Gasteiger partial charge in [0.25, 0.3) is 0 Å². The zero-order valence-corrected chi connectivity index (χ0v) is 11.4. The van der Waals surface area contributed by atoms with Crippen LogP contribution in [0.4, 0.5) is 0 Å². The quantitative estimate of drug-likeness (QED) is 0.584. The molecule has 1 heterocycles. The van der Waals surface area contributed by atoms with E-state index in [9.17, 15) is 0 Å². The summed E-state index contributed by atoms with van der Waals surface area (Å²) < 4.78 is 0. The van der Waals surface area contributed by atoms with Crippen molar-refractivity contribution in [3.05, 3.63) is 12.2 Å². The number of hydrogen-bond donors (Lipinski definition) is 0. The van der Waals surface area contributed by atoms with Gasteiger partial charge < -0.3 is 9.80 Å². The Labute approximate surface area is 101 Å². The van der Waals surface area contributed by atoms with Crippen LogP contribution in [-0.4, -0.2) is 49.6 Å². The zero-order chi connectivity index (χ0) is 12.0. The molecule has 2 heteroatoms. The Morgan fingerprint density at radius 3 is 2.62 bits per heavy atom. The summed E-state index contributed by atoms with van der Waals surface area (Å²) in [4.78, 5) is 4.92. The van der Waals surface area contributed by atoms with E-state index < -0.39 is 0 Å². The minimum absolute atomic E-state index is 0.667. The van der Waals surface area contributed by atoms with E-state index >= 15 is 0 Å². The first-order valence-corrected chi connectivity index (χ1v) is 6.65. The summed E-state index contributed by atoms with van der Waals surface area (Å²) in [6.07, 6.45) is 8.71. The molecule has 0 N–H and O–H groups in total. The molecule has 0 radical (unpaired) electrons. The smallest absolute Gasteiger partial charge is 0.0160 e. The third-order valence-electron chi connectivity index (χ3n) is 3.62. The lowest BCUT2D eigenvalue weighted by molar-refractivity contribution is 0.220. The molecule has 0 spiro atoms. The van der Waals surface area contributed by atoms with Crippen molar-refractivity contribution in [2.75, 3.05) is 33.7 Å². The van der Waals surface area contributed by atoms with Crippen LogP contribution < -0.4 is 0 Å². The Balaban J connectivity index is 2.52. The molecular formula is C14H28N2. The molecular weight excluding hydrogens is 196 g/mol. The fourth-order valence-electron chi connectivity index (χ4n) is 2.30. The van der Waals surface area contributed by atoms with E-state index in [1.807, 2.05) is 0 Å². The van der Waals surface area contributed by atoms with Crippen molar-refractivity contribution in [2.45, 2.75) is 39.2 Å².